The summed E-state index contributed by atoms with van der Waals surface area (Å²) in [5.41, 5.74) is 2.06. The Labute approximate surface area is 92.8 Å². The summed E-state index contributed by atoms with van der Waals surface area (Å²) in [6, 6.07) is 5.80. The van der Waals surface area contributed by atoms with E-state index in [9.17, 15) is 4.79 Å². The van der Waals surface area contributed by atoms with Crippen molar-refractivity contribution in [3.05, 3.63) is 33.8 Å². The Bertz CT molecular complexity index is 348. The van der Waals surface area contributed by atoms with Gasteiger partial charge in [0, 0.05) is 10.0 Å². The molecule has 0 amide bonds. The van der Waals surface area contributed by atoms with Crippen molar-refractivity contribution in [1.82, 2.24) is 0 Å². The number of benzene rings is 1. The molecular formula is C9H6BrIO. The van der Waals surface area contributed by atoms with Crippen molar-refractivity contribution < 1.29 is 4.79 Å². The molecule has 12 heavy (non-hydrogen) atoms. The highest BCUT2D eigenvalue weighted by Crippen LogP contribution is 2.32. The van der Waals surface area contributed by atoms with Crippen molar-refractivity contribution in [3.8, 4) is 0 Å². The van der Waals surface area contributed by atoms with E-state index >= 15 is 0 Å². The smallest absolute Gasteiger partial charge is 0.176 e. The maximum atomic E-state index is 11.5. The van der Waals surface area contributed by atoms with Gasteiger partial charge >= 0.3 is 0 Å². The average Bonchev–Trinajstić information content (AvgIpc) is 2.32. The second-order valence-electron chi connectivity index (χ2n) is 2.80. The zero-order valence-electron chi connectivity index (χ0n) is 6.18. The molecule has 0 fully saturated rings. The monoisotopic (exact) mass is 336 g/mol. The first-order valence-electron chi connectivity index (χ1n) is 3.66. The molecule has 0 aliphatic heterocycles. The summed E-state index contributed by atoms with van der Waals surface area (Å²) in [4.78, 5) is 11.5. The predicted octanol–water partition coefficient (Wildman–Crippen LogP) is 2.99. The van der Waals surface area contributed by atoms with Crippen molar-refractivity contribution in [2.24, 2.45) is 0 Å². The van der Waals surface area contributed by atoms with Gasteiger partial charge in [0.25, 0.3) is 0 Å². The maximum Gasteiger partial charge on any atom is 0.176 e. The molecule has 0 saturated carbocycles. The second kappa shape index (κ2) is 3.10. The maximum absolute atomic E-state index is 11.5. The summed E-state index contributed by atoms with van der Waals surface area (Å²) in [6.45, 7) is 0. The Balaban J connectivity index is 2.61. The molecule has 1 aliphatic carbocycles. The Hall–Kier alpha value is 0.1000. The van der Waals surface area contributed by atoms with E-state index in [-0.39, 0.29) is 9.71 Å². The van der Waals surface area contributed by atoms with Crippen molar-refractivity contribution in [2.75, 3.05) is 0 Å². The third-order valence-corrected chi connectivity index (χ3v) is 3.80. The van der Waals surface area contributed by atoms with Gasteiger partial charge < -0.3 is 0 Å². The van der Waals surface area contributed by atoms with Gasteiger partial charge in [-0.05, 0) is 18.1 Å². The molecule has 1 nitrogen and oxygen atoms in total. The van der Waals surface area contributed by atoms with E-state index < -0.39 is 0 Å². The van der Waals surface area contributed by atoms with Crippen molar-refractivity contribution in [2.45, 2.75) is 10.3 Å². The number of carbonyl (C=O) groups excluding carboxylic acids is 1. The lowest BCUT2D eigenvalue weighted by Gasteiger charge is -1.97. The first-order valence-corrected chi connectivity index (χ1v) is 5.69. The van der Waals surface area contributed by atoms with E-state index in [1.54, 1.807) is 0 Å². The Morgan fingerprint density at radius 2 is 2.25 bits per heavy atom. The fraction of sp³-hybridized carbons (Fsp3) is 0.222. The van der Waals surface area contributed by atoms with Gasteiger partial charge in [0.05, 0.1) is 3.92 Å². The SMILES string of the molecule is O=C1c2cccc(Br)c2CC1I. The largest absolute Gasteiger partial charge is 0.293 e. The van der Waals surface area contributed by atoms with Crippen molar-refractivity contribution >= 4 is 44.3 Å². The van der Waals surface area contributed by atoms with Gasteiger partial charge in [-0.15, -0.1) is 0 Å². The molecule has 1 aliphatic rings. The third kappa shape index (κ3) is 1.23. The van der Waals surface area contributed by atoms with Crippen molar-refractivity contribution in [1.29, 1.82) is 0 Å². The van der Waals surface area contributed by atoms with E-state index in [2.05, 4.69) is 38.5 Å². The molecule has 1 atom stereocenters. The van der Waals surface area contributed by atoms with Crippen molar-refractivity contribution in [3.63, 3.8) is 0 Å². The lowest BCUT2D eigenvalue weighted by Crippen LogP contribution is -2.05. The zero-order chi connectivity index (χ0) is 8.72. The number of Topliss-reactive ketones (excluding diaryl/α,β-unsaturated/α-hetero) is 1. The summed E-state index contributed by atoms with van der Waals surface area (Å²) < 4.78 is 1.20. The standard InChI is InChI=1S/C9H6BrIO/c10-7-3-1-2-5-6(7)4-8(11)9(5)12/h1-3,8H,4H2. The van der Waals surface area contributed by atoms with E-state index in [4.69, 9.17) is 0 Å². The van der Waals surface area contributed by atoms with Gasteiger partial charge in [0.1, 0.15) is 0 Å². The highest BCUT2D eigenvalue weighted by atomic mass is 127. The number of hydrogen-bond acceptors (Lipinski definition) is 1. The van der Waals surface area contributed by atoms with Gasteiger partial charge in [-0.3, -0.25) is 4.79 Å². The summed E-state index contributed by atoms with van der Waals surface area (Å²) in [5, 5.41) is 0. The van der Waals surface area contributed by atoms with Crippen LogP contribution >= 0.6 is 38.5 Å². The minimum absolute atomic E-state index is 0.135. The Kier molecular flexibility index (Phi) is 2.25. The number of carbonyl (C=O) groups is 1. The molecule has 0 heterocycles. The molecule has 0 spiro atoms. The van der Waals surface area contributed by atoms with Crippen LogP contribution in [0.1, 0.15) is 15.9 Å². The number of halogens is 2. The van der Waals surface area contributed by atoms with Crippen LogP contribution in [0.5, 0.6) is 0 Å². The minimum Gasteiger partial charge on any atom is -0.293 e. The summed E-state index contributed by atoms with van der Waals surface area (Å²) in [7, 11) is 0. The third-order valence-electron chi connectivity index (χ3n) is 2.05. The zero-order valence-corrected chi connectivity index (χ0v) is 9.92. The van der Waals surface area contributed by atoms with Gasteiger partial charge in [-0.25, -0.2) is 0 Å². The highest BCUT2D eigenvalue weighted by molar-refractivity contribution is 14.1. The number of rotatable bonds is 0. The van der Waals surface area contributed by atoms with Gasteiger partial charge in [0.15, 0.2) is 5.78 Å². The molecule has 1 unspecified atom stereocenters. The molecule has 0 aromatic heterocycles. The molecular weight excluding hydrogens is 331 g/mol. The fourth-order valence-corrected chi connectivity index (χ4v) is 2.74. The summed E-state index contributed by atoms with van der Waals surface area (Å²) in [6.07, 6.45) is 0.871. The van der Waals surface area contributed by atoms with Crippen LogP contribution in [-0.2, 0) is 6.42 Å². The van der Waals surface area contributed by atoms with Crippen LogP contribution in [0.25, 0.3) is 0 Å². The molecule has 2 rings (SSSR count). The quantitative estimate of drug-likeness (QED) is 0.526. The minimum atomic E-state index is 0.135. The molecule has 0 radical (unpaired) electrons. The van der Waals surface area contributed by atoms with E-state index in [0.717, 1.165) is 16.5 Å². The molecule has 62 valence electrons. The lowest BCUT2D eigenvalue weighted by molar-refractivity contribution is 0.100. The lowest BCUT2D eigenvalue weighted by atomic mass is 10.1. The first-order chi connectivity index (χ1) is 5.70. The van der Waals surface area contributed by atoms with E-state index in [1.807, 2.05) is 18.2 Å². The second-order valence-corrected chi connectivity index (χ2v) is 5.16. The molecule has 0 saturated heterocycles. The van der Waals surface area contributed by atoms with Crippen LogP contribution in [0, 0.1) is 0 Å². The predicted molar refractivity (Wildman–Crippen MR) is 60.0 cm³/mol. The molecule has 1 aromatic rings. The van der Waals surface area contributed by atoms with Gasteiger partial charge in [0.2, 0.25) is 0 Å². The summed E-state index contributed by atoms with van der Waals surface area (Å²) in [5.74, 6) is 0.270. The molecule has 3 heteroatoms. The average molecular weight is 337 g/mol. The van der Waals surface area contributed by atoms with Crippen LogP contribution in [0.4, 0.5) is 0 Å². The number of ketones is 1. The summed E-state index contributed by atoms with van der Waals surface area (Å²) >= 11 is 5.65. The van der Waals surface area contributed by atoms with Crippen LogP contribution < -0.4 is 0 Å². The van der Waals surface area contributed by atoms with Crippen LogP contribution in [0.3, 0.4) is 0 Å². The van der Waals surface area contributed by atoms with E-state index in [1.165, 1.54) is 5.56 Å². The fourth-order valence-electron chi connectivity index (χ4n) is 1.44. The van der Waals surface area contributed by atoms with Crippen LogP contribution in [0.2, 0.25) is 0 Å². The number of fused-ring (bicyclic) bond motifs is 1. The Morgan fingerprint density at radius 3 is 2.92 bits per heavy atom. The van der Waals surface area contributed by atoms with Crippen LogP contribution in [-0.4, -0.2) is 9.71 Å². The Morgan fingerprint density at radius 1 is 1.50 bits per heavy atom. The normalized spacial score (nSPS) is 21.2. The topological polar surface area (TPSA) is 17.1 Å². The molecule has 0 N–H and O–H groups in total. The highest BCUT2D eigenvalue weighted by Gasteiger charge is 2.29. The van der Waals surface area contributed by atoms with Gasteiger partial charge in [-0.1, -0.05) is 50.7 Å². The molecule has 1 aromatic carbocycles. The van der Waals surface area contributed by atoms with E-state index in [0.29, 0.717) is 0 Å². The van der Waals surface area contributed by atoms with Gasteiger partial charge in [-0.2, -0.15) is 0 Å². The van der Waals surface area contributed by atoms with Crippen LogP contribution in [0.15, 0.2) is 22.7 Å². The number of hydrogen-bond donors (Lipinski definition) is 0. The number of alkyl halides is 1. The first kappa shape index (κ1) is 8.69. The molecule has 0 bridgehead atoms.